The maximum atomic E-state index is 12.9. The Morgan fingerprint density at radius 2 is 1.56 bits per heavy atom. The van der Waals surface area contributed by atoms with Gasteiger partial charge in [0.25, 0.3) is 0 Å². The third-order valence-corrected chi connectivity index (χ3v) is 6.58. The molecule has 1 saturated carbocycles. The molecule has 0 aromatic heterocycles. The van der Waals surface area contributed by atoms with Crippen molar-refractivity contribution in [1.82, 2.24) is 15.1 Å². The Morgan fingerprint density at radius 1 is 0.889 bits per heavy atom. The molecular weight excluding hydrogens is 355 g/mol. The lowest BCUT2D eigenvalue weighted by Crippen LogP contribution is -2.50. The largest absolute Gasteiger partial charge is 0.391 e. The fourth-order valence-corrected chi connectivity index (χ4v) is 4.89. The van der Waals surface area contributed by atoms with Crippen LogP contribution in [-0.4, -0.2) is 60.8 Å². The number of hydrogen-bond donors (Lipinski definition) is 1. The highest BCUT2D eigenvalue weighted by Crippen LogP contribution is 2.37. The highest BCUT2D eigenvalue weighted by molar-refractivity contribution is 5.74. The molecule has 0 aromatic rings. The topological polar surface area (TPSA) is 35.6 Å². The van der Waals surface area contributed by atoms with Gasteiger partial charge in [0.05, 0.1) is 5.92 Å². The Kier molecular flexibility index (Phi) is 7.29. The molecule has 2 heterocycles. The van der Waals surface area contributed by atoms with Gasteiger partial charge in [0, 0.05) is 25.7 Å². The van der Waals surface area contributed by atoms with Crippen molar-refractivity contribution in [3.63, 3.8) is 0 Å². The van der Waals surface area contributed by atoms with E-state index in [0.29, 0.717) is 18.8 Å². The van der Waals surface area contributed by atoms with E-state index in [2.05, 4.69) is 10.2 Å². The maximum absolute atomic E-state index is 12.9. The number of halogens is 3. The highest BCUT2D eigenvalue weighted by Gasteiger charge is 2.42. The van der Waals surface area contributed by atoms with Gasteiger partial charge in [-0.15, -0.1) is 0 Å². The van der Waals surface area contributed by atoms with Gasteiger partial charge in [0.15, 0.2) is 0 Å². The van der Waals surface area contributed by atoms with Gasteiger partial charge in [0.2, 0.25) is 0 Å². The van der Waals surface area contributed by atoms with E-state index in [4.69, 9.17) is 0 Å². The number of alkyl halides is 3. The number of carbonyl (C=O) groups excluding carboxylic acids is 1. The molecule has 0 bridgehead atoms. The van der Waals surface area contributed by atoms with Gasteiger partial charge in [0.1, 0.15) is 0 Å². The molecule has 2 saturated heterocycles. The van der Waals surface area contributed by atoms with Crippen LogP contribution in [0.1, 0.15) is 64.2 Å². The zero-order valence-electron chi connectivity index (χ0n) is 16.3. The summed E-state index contributed by atoms with van der Waals surface area (Å²) < 4.78 is 38.8. The first kappa shape index (κ1) is 20.7. The molecule has 3 aliphatic rings. The van der Waals surface area contributed by atoms with Crippen LogP contribution in [0.25, 0.3) is 0 Å². The van der Waals surface area contributed by atoms with Crippen LogP contribution >= 0.6 is 0 Å². The predicted molar refractivity (Wildman–Crippen MR) is 99.5 cm³/mol. The van der Waals surface area contributed by atoms with E-state index in [1.807, 2.05) is 0 Å². The van der Waals surface area contributed by atoms with Crippen molar-refractivity contribution < 1.29 is 18.0 Å². The van der Waals surface area contributed by atoms with E-state index in [1.54, 1.807) is 4.90 Å². The Labute approximate surface area is 160 Å². The van der Waals surface area contributed by atoms with Crippen LogP contribution < -0.4 is 5.32 Å². The van der Waals surface area contributed by atoms with Crippen LogP contribution in [0.5, 0.6) is 0 Å². The van der Waals surface area contributed by atoms with E-state index in [0.717, 1.165) is 32.5 Å². The first-order valence-corrected chi connectivity index (χ1v) is 10.8. The molecule has 27 heavy (non-hydrogen) atoms. The first-order chi connectivity index (χ1) is 12.9. The third-order valence-electron chi connectivity index (χ3n) is 6.58. The third kappa shape index (κ3) is 6.26. The molecule has 0 radical (unpaired) electrons. The minimum Gasteiger partial charge on any atom is -0.335 e. The molecule has 2 aliphatic heterocycles. The van der Waals surface area contributed by atoms with Crippen LogP contribution in [0.2, 0.25) is 0 Å². The molecule has 4 nitrogen and oxygen atoms in total. The lowest BCUT2D eigenvalue weighted by molar-refractivity contribution is -0.183. The summed E-state index contributed by atoms with van der Waals surface area (Å²) in [6.07, 6.45) is 4.53. The fraction of sp³-hybridized carbons (Fsp3) is 0.950. The van der Waals surface area contributed by atoms with Gasteiger partial charge < -0.3 is 15.1 Å². The average Bonchev–Trinajstić information content (AvgIpc) is 2.90. The van der Waals surface area contributed by atoms with Gasteiger partial charge in [-0.2, -0.15) is 13.2 Å². The Balaban J connectivity index is 1.39. The summed E-state index contributed by atoms with van der Waals surface area (Å²) in [4.78, 5) is 16.9. The average molecular weight is 390 g/mol. The second kappa shape index (κ2) is 9.48. The molecule has 0 spiro atoms. The summed E-state index contributed by atoms with van der Waals surface area (Å²) in [6.45, 7) is 4.97. The van der Waals surface area contributed by atoms with E-state index < -0.39 is 12.1 Å². The minimum atomic E-state index is -4.14. The summed E-state index contributed by atoms with van der Waals surface area (Å²) in [5.74, 6) is -0.632. The Hall–Kier alpha value is -0.980. The molecule has 2 atom stereocenters. The molecule has 1 N–H and O–H groups in total. The Bertz CT molecular complexity index is 470. The first-order valence-electron chi connectivity index (χ1n) is 10.8. The van der Waals surface area contributed by atoms with E-state index in [1.165, 1.54) is 38.8 Å². The summed E-state index contributed by atoms with van der Waals surface area (Å²) in [7, 11) is 0. The number of amides is 2. The summed E-state index contributed by atoms with van der Waals surface area (Å²) in [5.41, 5.74) is 0. The number of urea groups is 1. The van der Waals surface area contributed by atoms with E-state index >= 15 is 0 Å². The lowest BCUT2D eigenvalue weighted by Gasteiger charge is -2.36. The maximum Gasteiger partial charge on any atom is 0.391 e. The second-order valence-corrected chi connectivity index (χ2v) is 8.70. The molecule has 3 rings (SSSR count). The van der Waals surface area contributed by atoms with Crippen LogP contribution in [-0.2, 0) is 0 Å². The van der Waals surface area contributed by atoms with Crippen molar-refractivity contribution >= 4 is 6.03 Å². The van der Waals surface area contributed by atoms with Crippen molar-refractivity contribution in [2.75, 3.05) is 32.7 Å². The molecular formula is C20H34F3N3O. The number of nitrogens with zero attached hydrogens (tertiary/aromatic N) is 2. The SMILES string of the molecule is O=C(NC1CCCC(C(F)(F)F)C1)N1CCC(CN2CCCCCC2)CC1. The standard InChI is InChI=1S/C20H34F3N3O/c21-20(22,23)17-6-5-7-18(14-17)24-19(27)26-12-8-16(9-13-26)15-25-10-3-1-2-4-11-25/h16-18H,1-15H2,(H,24,27). The number of piperidine rings is 1. The molecule has 156 valence electrons. The highest BCUT2D eigenvalue weighted by atomic mass is 19.4. The van der Waals surface area contributed by atoms with Crippen LogP contribution in [0.3, 0.4) is 0 Å². The predicted octanol–water partition coefficient (Wildman–Crippen LogP) is 4.41. The lowest BCUT2D eigenvalue weighted by atomic mass is 9.85. The summed E-state index contributed by atoms with van der Waals surface area (Å²) in [6, 6.07) is -0.510. The van der Waals surface area contributed by atoms with Crippen molar-refractivity contribution in [2.45, 2.75) is 76.4 Å². The van der Waals surface area contributed by atoms with Crippen LogP contribution in [0.4, 0.5) is 18.0 Å². The zero-order valence-corrected chi connectivity index (χ0v) is 16.3. The number of likely N-dealkylation sites (tertiary alicyclic amines) is 2. The Morgan fingerprint density at radius 3 is 2.19 bits per heavy atom. The zero-order chi connectivity index (χ0) is 19.3. The van der Waals surface area contributed by atoms with Crippen LogP contribution in [0.15, 0.2) is 0 Å². The van der Waals surface area contributed by atoms with E-state index in [-0.39, 0.29) is 24.9 Å². The molecule has 3 fully saturated rings. The summed E-state index contributed by atoms with van der Waals surface area (Å²) >= 11 is 0. The monoisotopic (exact) mass is 389 g/mol. The smallest absolute Gasteiger partial charge is 0.335 e. The van der Waals surface area contributed by atoms with Crippen molar-refractivity contribution in [3.8, 4) is 0 Å². The molecule has 7 heteroatoms. The number of nitrogens with one attached hydrogen (secondary N) is 1. The number of rotatable bonds is 3. The van der Waals surface area contributed by atoms with Crippen molar-refractivity contribution in [1.29, 1.82) is 0 Å². The van der Waals surface area contributed by atoms with Gasteiger partial charge in [-0.1, -0.05) is 19.3 Å². The molecule has 1 aliphatic carbocycles. The van der Waals surface area contributed by atoms with Crippen molar-refractivity contribution in [2.24, 2.45) is 11.8 Å². The number of carbonyl (C=O) groups is 1. The summed E-state index contributed by atoms with van der Waals surface area (Å²) in [5, 5.41) is 2.87. The fourth-order valence-electron chi connectivity index (χ4n) is 4.89. The molecule has 0 aromatic carbocycles. The van der Waals surface area contributed by atoms with Crippen molar-refractivity contribution in [3.05, 3.63) is 0 Å². The molecule has 2 amide bonds. The van der Waals surface area contributed by atoms with Gasteiger partial charge in [-0.25, -0.2) is 4.79 Å². The minimum absolute atomic E-state index is 0.0284. The number of hydrogen-bond acceptors (Lipinski definition) is 2. The van der Waals surface area contributed by atoms with Gasteiger partial charge >= 0.3 is 12.2 Å². The second-order valence-electron chi connectivity index (χ2n) is 8.70. The normalized spacial score (nSPS) is 29.4. The quantitative estimate of drug-likeness (QED) is 0.776. The van der Waals surface area contributed by atoms with Gasteiger partial charge in [-0.3, -0.25) is 0 Å². The molecule has 2 unspecified atom stereocenters. The van der Waals surface area contributed by atoms with E-state index in [9.17, 15) is 18.0 Å². The van der Waals surface area contributed by atoms with Gasteiger partial charge in [-0.05, 0) is 64.0 Å². The van der Waals surface area contributed by atoms with Crippen LogP contribution in [0, 0.1) is 11.8 Å².